The average molecular weight is 431 g/mol. The third kappa shape index (κ3) is 7.01. The summed E-state index contributed by atoms with van der Waals surface area (Å²) in [5.74, 6) is 0. The maximum Gasteiger partial charge on any atom is 0.297 e. The lowest BCUT2D eigenvalue weighted by molar-refractivity contribution is -0.165. The standard InChI is InChI=1S/C21H34O7S/c1-5-7-13-25-19-18(28-21(24-4)20(19)26-14-8-6-2)15-27-29(22,23)17-11-9-16(3)10-12-17/h9-12,18-21H,5-8,13-15H2,1-4H3/t18-,19?,20-,21+/m1/s1. The molecule has 1 unspecified atom stereocenters. The minimum atomic E-state index is -3.89. The predicted molar refractivity (Wildman–Crippen MR) is 109 cm³/mol. The monoisotopic (exact) mass is 430 g/mol. The highest BCUT2D eigenvalue weighted by atomic mass is 32.2. The van der Waals surface area contributed by atoms with Crippen LogP contribution in [-0.2, 0) is 33.2 Å². The Morgan fingerprint density at radius 3 is 2.10 bits per heavy atom. The molecule has 0 N–H and O–H groups in total. The summed E-state index contributed by atoms with van der Waals surface area (Å²) in [4.78, 5) is 0.114. The zero-order chi connectivity index (χ0) is 21.3. The van der Waals surface area contributed by atoms with Crippen LogP contribution in [0, 0.1) is 6.92 Å². The van der Waals surface area contributed by atoms with Gasteiger partial charge < -0.3 is 18.9 Å². The van der Waals surface area contributed by atoms with E-state index in [2.05, 4.69) is 13.8 Å². The van der Waals surface area contributed by atoms with E-state index in [-0.39, 0.29) is 11.5 Å². The van der Waals surface area contributed by atoms with Gasteiger partial charge in [0.25, 0.3) is 10.1 Å². The molecule has 0 amide bonds. The Balaban J connectivity index is 2.07. The van der Waals surface area contributed by atoms with Crippen LogP contribution in [0.4, 0.5) is 0 Å². The molecule has 166 valence electrons. The molecule has 0 aromatic heterocycles. The molecule has 29 heavy (non-hydrogen) atoms. The summed E-state index contributed by atoms with van der Waals surface area (Å²) < 4.78 is 53.6. The predicted octanol–water partition coefficient (Wildman–Crippen LogP) is 3.44. The second-order valence-corrected chi connectivity index (χ2v) is 8.82. The van der Waals surface area contributed by atoms with Crippen molar-refractivity contribution < 1.29 is 31.5 Å². The molecule has 1 heterocycles. The number of benzene rings is 1. The Labute approximate surface area is 174 Å². The minimum absolute atomic E-state index is 0.114. The van der Waals surface area contributed by atoms with Gasteiger partial charge in [-0.05, 0) is 31.9 Å². The summed E-state index contributed by atoms with van der Waals surface area (Å²) in [5, 5.41) is 0. The first-order chi connectivity index (χ1) is 13.9. The van der Waals surface area contributed by atoms with Crippen molar-refractivity contribution in [3.8, 4) is 0 Å². The summed E-state index contributed by atoms with van der Waals surface area (Å²) in [6.45, 7) is 7.00. The number of rotatable bonds is 13. The Hall–Kier alpha value is -1.03. The quantitative estimate of drug-likeness (QED) is 0.350. The van der Waals surface area contributed by atoms with E-state index in [1.54, 1.807) is 12.1 Å². The maximum absolute atomic E-state index is 12.5. The van der Waals surface area contributed by atoms with E-state index < -0.39 is 34.7 Å². The number of unbranched alkanes of at least 4 members (excludes halogenated alkanes) is 2. The molecule has 1 aromatic carbocycles. The van der Waals surface area contributed by atoms with Crippen molar-refractivity contribution in [2.75, 3.05) is 26.9 Å². The summed E-state index contributed by atoms with van der Waals surface area (Å²) >= 11 is 0. The van der Waals surface area contributed by atoms with Crippen LogP contribution in [0.2, 0.25) is 0 Å². The minimum Gasteiger partial charge on any atom is -0.372 e. The van der Waals surface area contributed by atoms with Gasteiger partial charge in [0.05, 0.1) is 11.5 Å². The van der Waals surface area contributed by atoms with Gasteiger partial charge in [-0.3, -0.25) is 4.18 Å². The van der Waals surface area contributed by atoms with Crippen molar-refractivity contribution >= 4 is 10.1 Å². The van der Waals surface area contributed by atoms with Crippen LogP contribution in [-0.4, -0.2) is 60.0 Å². The summed E-state index contributed by atoms with van der Waals surface area (Å²) in [7, 11) is -2.35. The fraction of sp³-hybridized carbons (Fsp3) is 0.714. The molecular weight excluding hydrogens is 396 g/mol. The Kier molecular flexibility index (Phi) is 10.0. The highest BCUT2D eigenvalue weighted by Gasteiger charge is 2.47. The lowest BCUT2D eigenvalue weighted by Crippen LogP contribution is -2.40. The third-order valence-corrected chi connectivity index (χ3v) is 6.11. The average Bonchev–Trinajstić information content (AvgIpc) is 3.04. The molecule has 1 fully saturated rings. The molecule has 1 aromatic rings. The molecule has 0 aliphatic carbocycles. The number of aryl methyl sites for hydroxylation is 1. The van der Waals surface area contributed by atoms with Crippen molar-refractivity contribution in [2.24, 2.45) is 0 Å². The van der Waals surface area contributed by atoms with E-state index in [1.807, 2.05) is 6.92 Å². The highest BCUT2D eigenvalue weighted by molar-refractivity contribution is 7.86. The Morgan fingerprint density at radius 1 is 0.966 bits per heavy atom. The van der Waals surface area contributed by atoms with Gasteiger partial charge in [-0.25, -0.2) is 0 Å². The van der Waals surface area contributed by atoms with E-state index in [0.29, 0.717) is 13.2 Å². The topological polar surface area (TPSA) is 80.3 Å². The van der Waals surface area contributed by atoms with Gasteiger partial charge in [0.2, 0.25) is 0 Å². The molecule has 2 rings (SSSR count). The molecule has 1 aliphatic heterocycles. The van der Waals surface area contributed by atoms with Crippen LogP contribution in [0.5, 0.6) is 0 Å². The van der Waals surface area contributed by atoms with E-state index >= 15 is 0 Å². The molecule has 0 radical (unpaired) electrons. The van der Waals surface area contributed by atoms with Crippen LogP contribution in [0.1, 0.15) is 45.1 Å². The van der Waals surface area contributed by atoms with Crippen LogP contribution in [0.15, 0.2) is 29.2 Å². The van der Waals surface area contributed by atoms with E-state index in [0.717, 1.165) is 31.2 Å². The van der Waals surface area contributed by atoms with E-state index in [4.69, 9.17) is 23.1 Å². The molecule has 1 aliphatic rings. The smallest absolute Gasteiger partial charge is 0.297 e. The van der Waals surface area contributed by atoms with E-state index in [1.165, 1.54) is 19.2 Å². The van der Waals surface area contributed by atoms with E-state index in [9.17, 15) is 8.42 Å². The van der Waals surface area contributed by atoms with Gasteiger partial charge in [-0.2, -0.15) is 8.42 Å². The molecule has 1 saturated heterocycles. The molecule has 7 nitrogen and oxygen atoms in total. The van der Waals surface area contributed by atoms with Gasteiger partial charge in [-0.15, -0.1) is 0 Å². The first kappa shape index (κ1) is 24.2. The van der Waals surface area contributed by atoms with Crippen LogP contribution >= 0.6 is 0 Å². The first-order valence-corrected chi connectivity index (χ1v) is 11.7. The third-order valence-electron chi connectivity index (χ3n) is 4.81. The zero-order valence-corrected chi connectivity index (χ0v) is 18.7. The second-order valence-electron chi connectivity index (χ2n) is 7.21. The van der Waals surface area contributed by atoms with Crippen molar-refractivity contribution in [1.82, 2.24) is 0 Å². The number of methoxy groups -OCH3 is 1. The highest BCUT2D eigenvalue weighted by Crippen LogP contribution is 2.29. The Morgan fingerprint density at radius 2 is 1.55 bits per heavy atom. The lowest BCUT2D eigenvalue weighted by Gasteiger charge is -2.24. The summed E-state index contributed by atoms with van der Waals surface area (Å²) in [6.07, 6.45) is 1.68. The van der Waals surface area contributed by atoms with Gasteiger partial charge >= 0.3 is 0 Å². The fourth-order valence-corrected chi connectivity index (χ4v) is 3.97. The van der Waals surface area contributed by atoms with Crippen LogP contribution in [0.25, 0.3) is 0 Å². The number of hydrogen-bond acceptors (Lipinski definition) is 7. The lowest BCUT2D eigenvalue weighted by atomic mass is 10.1. The normalized spacial score (nSPS) is 24.8. The molecular formula is C21H34O7S. The van der Waals surface area contributed by atoms with Crippen molar-refractivity contribution in [3.05, 3.63) is 29.8 Å². The molecule has 0 bridgehead atoms. The van der Waals surface area contributed by atoms with Gasteiger partial charge in [0, 0.05) is 20.3 Å². The second kappa shape index (κ2) is 12.0. The van der Waals surface area contributed by atoms with Crippen LogP contribution in [0.3, 0.4) is 0 Å². The summed E-state index contributed by atoms with van der Waals surface area (Å²) in [5.41, 5.74) is 0.975. The van der Waals surface area contributed by atoms with Crippen molar-refractivity contribution in [2.45, 2.75) is 76.0 Å². The van der Waals surface area contributed by atoms with Crippen LogP contribution < -0.4 is 0 Å². The fourth-order valence-electron chi connectivity index (χ4n) is 3.05. The van der Waals surface area contributed by atoms with Gasteiger partial charge in [0.1, 0.15) is 18.3 Å². The largest absolute Gasteiger partial charge is 0.372 e. The van der Waals surface area contributed by atoms with Gasteiger partial charge in [0.15, 0.2) is 6.29 Å². The Bertz CT molecular complexity index is 689. The molecule has 0 spiro atoms. The van der Waals surface area contributed by atoms with Crippen molar-refractivity contribution in [3.63, 3.8) is 0 Å². The maximum atomic E-state index is 12.5. The van der Waals surface area contributed by atoms with Gasteiger partial charge in [-0.1, -0.05) is 44.4 Å². The summed E-state index contributed by atoms with van der Waals surface area (Å²) in [6, 6.07) is 6.53. The first-order valence-electron chi connectivity index (χ1n) is 10.3. The number of ether oxygens (including phenoxy) is 4. The molecule has 4 atom stereocenters. The SMILES string of the molecule is CCCCOC1[C@@H](OCCCC)[C@@H](OC)O[C@@H]1COS(=O)(=O)c1ccc(C)cc1. The molecule has 8 heteroatoms. The van der Waals surface area contributed by atoms with Crippen molar-refractivity contribution in [1.29, 1.82) is 0 Å². The zero-order valence-electron chi connectivity index (χ0n) is 17.8. The number of hydrogen-bond donors (Lipinski definition) is 0. The molecule has 0 saturated carbocycles.